The van der Waals surface area contributed by atoms with Crippen LogP contribution in [0.5, 0.6) is 5.75 Å². The molecular formula is C23H30BrFO2. The van der Waals surface area contributed by atoms with Gasteiger partial charge in [-0.15, -0.1) is 0 Å². The van der Waals surface area contributed by atoms with Gasteiger partial charge in [0.2, 0.25) is 0 Å². The molecule has 4 heteroatoms. The van der Waals surface area contributed by atoms with Crippen LogP contribution in [0.25, 0.3) is 11.1 Å². The number of rotatable bonds is 7. The first-order chi connectivity index (χ1) is 12.7. The van der Waals surface area contributed by atoms with Gasteiger partial charge in [-0.25, -0.2) is 4.39 Å². The Hall–Kier alpha value is -1.42. The van der Waals surface area contributed by atoms with Gasteiger partial charge in [-0.05, 0) is 76.2 Å². The van der Waals surface area contributed by atoms with Crippen LogP contribution in [-0.2, 0) is 10.2 Å². The van der Waals surface area contributed by atoms with Gasteiger partial charge >= 0.3 is 0 Å². The SMILES string of the molecule is CCOc1c(C(CC)=C(F)C=O)cc2c(c1Br)C(C)(C)CC=C2C(C)CC. The van der Waals surface area contributed by atoms with Gasteiger partial charge in [0.1, 0.15) is 5.75 Å². The van der Waals surface area contributed by atoms with E-state index in [9.17, 15) is 9.18 Å². The first kappa shape index (κ1) is 21.9. The minimum atomic E-state index is -0.727. The fourth-order valence-corrected chi connectivity index (χ4v) is 4.93. The maximum Gasteiger partial charge on any atom is 0.178 e. The van der Waals surface area contributed by atoms with Crippen LogP contribution in [0, 0.1) is 5.92 Å². The monoisotopic (exact) mass is 436 g/mol. The van der Waals surface area contributed by atoms with Crippen LogP contribution in [0.3, 0.4) is 0 Å². The Kier molecular flexibility index (Phi) is 7.07. The van der Waals surface area contributed by atoms with E-state index in [-0.39, 0.29) is 11.7 Å². The Balaban J connectivity index is 2.91. The summed E-state index contributed by atoms with van der Waals surface area (Å²) < 4.78 is 21.2. The Labute approximate surface area is 171 Å². The molecule has 0 aromatic heterocycles. The Morgan fingerprint density at radius 1 is 1.37 bits per heavy atom. The Bertz CT molecular complexity index is 790. The second kappa shape index (κ2) is 8.72. The summed E-state index contributed by atoms with van der Waals surface area (Å²) in [5, 5.41) is 0. The summed E-state index contributed by atoms with van der Waals surface area (Å²) in [7, 11) is 0. The van der Waals surface area contributed by atoms with E-state index >= 15 is 0 Å². The maximum absolute atomic E-state index is 14.4. The fourth-order valence-electron chi connectivity index (χ4n) is 3.85. The molecule has 2 rings (SSSR count). The fraction of sp³-hybridized carbons (Fsp3) is 0.522. The second-order valence-electron chi connectivity index (χ2n) is 7.78. The highest BCUT2D eigenvalue weighted by atomic mass is 79.9. The van der Waals surface area contributed by atoms with Crippen LogP contribution in [-0.4, -0.2) is 12.9 Å². The number of ether oxygens (including phenoxy) is 1. The summed E-state index contributed by atoms with van der Waals surface area (Å²) >= 11 is 3.78. The van der Waals surface area contributed by atoms with Crippen LogP contribution >= 0.6 is 15.9 Å². The normalized spacial score (nSPS) is 17.6. The van der Waals surface area contributed by atoms with Crippen molar-refractivity contribution in [3.63, 3.8) is 0 Å². The molecule has 1 aliphatic carbocycles. The predicted molar refractivity (Wildman–Crippen MR) is 115 cm³/mol. The number of hydrogen-bond donors (Lipinski definition) is 0. The highest BCUT2D eigenvalue weighted by Crippen LogP contribution is 2.51. The Morgan fingerprint density at radius 2 is 2.04 bits per heavy atom. The molecule has 2 nitrogen and oxygen atoms in total. The minimum absolute atomic E-state index is 0.0607. The van der Waals surface area contributed by atoms with Crippen molar-refractivity contribution in [1.82, 2.24) is 0 Å². The summed E-state index contributed by atoms with van der Waals surface area (Å²) in [6.45, 7) is 13.1. The number of aldehydes is 1. The molecule has 0 radical (unpaired) electrons. The van der Waals surface area contributed by atoms with E-state index in [0.717, 1.165) is 22.9 Å². The number of fused-ring (bicyclic) bond motifs is 1. The summed E-state index contributed by atoms with van der Waals surface area (Å²) in [6.07, 6.45) is 5.00. The Morgan fingerprint density at radius 3 is 2.56 bits per heavy atom. The molecule has 1 unspecified atom stereocenters. The molecular weight excluding hydrogens is 407 g/mol. The van der Waals surface area contributed by atoms with E-state index in [4.69, 9.17) is 4.74 Å². The minimum Gasteiger partial charge on any atom is -0.492 e. The summed E-state index contributed by atoms with van der Waals surface area (Å²) in [5.74, 6) is 0.306. The highest BCUT2D eigenvalue weighted by molar-refractivity contribution is 9.10. The van der Waals surface area contributed by atoms with Crippen molar-refractivity contribution < 1.29 is 13.9 Å². The quantitative estimate of drug-likeness (QED) is 0.332. The molecule has 0 bridgehead atoms. The average Bonchev–Trinajstić information content (AvgIpc) is 2.63. The molecule has 1 aromatic rings. The third-order valence-electron chi connectivity index (χ3n) is 5.54. The lowest BCUT2D eigenvalue weighted by Gasteiger charge is -2.36. The van der Waals surface area contributed by atoms with Gasteiger partial charge in [-0.1, -0.05) is 40.7 Å². The average molecular weight is 437 g/mol. The van der Waals surface area contributed by atoms with Gasteiger partial charge in [-0.2, -0.15) is 0 Å². The van der Waals surface area contributed by atoms with Crippen molar-refractivity contribution in [2.45, 2.75) is 66.2 Å². The van der Waals surface area contributed by atoms with Crippen LogP contribution in [0.15, 0.2) is 22.4 Å². The van der Waals surface area contributed by atoms with Gasteiger partial charge < -0.3 is 4.74 Å². The molecule has 0 saturated heterocycles. The lowest BCUT2D eigenvalue weighted by atomic mass is 9.70. The van der Waals surface area contributed by atoms with Gasteiger partial charge in [0.15, 0.2) is 12.1 Å². The van der Waals surface area contributed by atoms with Crippen molar-refractivity contribution in [3.8, 4) is 5.75 Å². The number of allylic oxidation sites excluding steroid dienone is 4. The van der Waals surface area contributed by atoms with Crippen LogP contribution in [0.4, 0.5) is 4.39 Å². The van der Waals surface area contributed by atoms with Gasteiger partial charge in [0.05, 0.1) is 11.1 Å². The molecule has 0 spiro atoms. The van der Waals surface area contributed by atoms with Crippen molar-refractivity contribution >= 4 is 33.4 Å². The lowest BCUT2D eigenvalue weighted by molar-refractivity contribution is -0.106. The zero-order chi connectivity index (χ0) is 20.4. The molecule has 0 saturated carbocycles. The van der Waals surface area contributed by atoms with Crippen molar-refractivity contribution in [2.24, 2.45) is 5.92 Å². The van der Waals surface area contributed by atoms with Gasteiger partial charge in [0.25, 0.3) is 0 Å². The first-order valence-corrected chi connectivity index (χ1v) is 10.6. The summed E-state index contributed by atoms with van der Waals surface area (Å²) in [5.41, 5.74) is 4.63. The van der Waals surface area contributed by atoms with E-state index in [1.54, 1.807) is 0 Å². The zero-order valence-electron chi connectivity index (χ0n) is 17.2. The third-order valence-corrected chi connectivity index (χ3v) is 6.30. The molecule has 1 aromatic carbocycles. The van der Waals surface area contributed by atoms with Crippen molar-refractivity contribution in [2.75, 3.05) is 6.61 Å². The largest absolute Gasteiger partial charge is 0.492 e. The van der Waals surface area contributed by atoms with E-state index in [2.05, 4.69) is 49.7 Å². The first-order valence-electron chi connectivity index (χ1n) is 9.77. The van der Waals surface area contributed by atoms with Gasteiger partial charge in [-0.3, -0.25) is 4.79 Å². The maximum atomic E-state index is 14.4. The molecule has 148 valence electrons. The molecule has 0 aliphatic heterocycles. The van der Waals surface area contributed by atoms with Crippen LogP contribution in [0.1, 0.15) is 77.5 Å². The molecule has 0 amide bonds. The van der Waals surface area contributed by atoms with Crippen LogP contribution < -0.4 is 4.74 Å². The molecule has 0 N–H and O–H groups in total. The van der Waals surface area contributed by atoms with E-state index in [1.165, 1.54) is 11.1 Å². The van der Waals surface area contributed by atoms with Gasteiger partial charge in [0, 0.05) is 11.1 Å². The predicted octanol–water partition coefficient (Wildman–Crippen LogP) is 7.25. The highest BCUT2D eigenvalue weighted by Gasteiger charge is 2.34. The third kappa shape index (κ3) is 4.06. The second-order valence-corrected chi connectivity index (χ2v) is 8.57. The van der Waals surface area contributed by atoms with E-state index < -0.39 is 5.83 Å². The van der Waals surface area contributed by atoms with Crippen LogP contribution in [0.2, 0.25) is 0 Å². The number of benzene rings is 1. The molecule has 0 fully saturated rings. The number of hydrogen-bond acceptors (Lipinski definition) is 2. The number of halogens is 2. The molecule has 1 aliphatic rings. The lowest BCUT2D eigenvalue weighted by Crippen LogP contribution is -2.24. The van der Waals surface area contributed by atoms with Crippen molar-refractivity contribution in [3.05, 3.63) is 39.1 Å². The molecule has 27 heavy (non-hydrogen) atoms. The summed E-state index contributed by atoms with van der Waals surface area (Å²) in [4.78, 5) is 11.1. The smallest absolute Gasteiger partial charge is 0.178 e. The standard InChI is InChI=1S/C23H30BrFO2/c1-7-14(4)16-10-11-23(5,6)20-17(16)12-18(15(8-2)19(25)13-26)22(21(20)24)27-9-3/h10,12-14H,7-9,11H2,1-6H3. The van der Waals surface area contributed by atoms with E-state index in [0.29, 0.717) is 35.8 Å². The number of carbonyl (C=O) groups excluding carboxylic acids is 1. The zero-order valence-corrected chi connectivity index (χ0v) is 18.8. The molecule has 0 heterocycles. The number of carbonyl (C=O) groups is 1. The molecule has 1 atom stereocenters. The summed E-state index contributed by atoms with van der Waals surface area (Å²) in [6, 6.07) is 2.03. The topological polar surface area (TPSA) is 26.3 Å². The van der Waals surface area contributed by atoms with Crippen molar-refractivity contribution in [1.29, 1.82) is 0 Å². The van der Waals surface area contributed by atoms with E-state index in [1.807, 2.05) is 19.9 Å².